The molecule has 0 radical (unpaired) electrons. The Morgan fingerprint density at radius 1 is 1.35 bits per heavy atom. The lowest BCUT2D eigenvalue weighted by Gasteiger charge is -2.39. The molecule has 2 heterocycles. The predicted molar refractivity (Wildman–Crippen MR) is 116 cm³/mol. The number of nitrogens with zero attached hydrogens (tertiary/aromatic N) is 4. The first-order valence-electron chi connectivity index (χ1n) is 10.2. The molecule has 1 aromatic carbocycles. The van der Waals surface area contributed by atoms with Crippen molar-refractivity contribution in [3.63, 3.8) is 0 Å². The van der Waals surface area contributed by atoms with Gasteiger partial charge in [0.2, 0.25) is 0 Å². The van der Waals surface area contributed by atoms with E-state index in [4.69, 9.17) is 10.5 Å². The zero-order chi connectivity index (χ0) is 22.4. The van der Waals surface area contributed by atoms with Crippen LogP contribution in [0.4, 0.5) is 10.6 Å². The van der Waals surface area contributed by atoms with Crippen LogP contribution in [0.2, 0.25) is 0 Å². The molecular weight excluding hydrogens is 400 g/mol. The van der Waals surface area contributed by atoms with Crippen LogP contribution in [0.25, 0.3) is 11.3 Å². The van der Waals surface area contributed by atoms with Crippen molar-refractivity contribution in [1.29, 1.82) is 0 Å². The Morgan fingerprint density at radius 2 is 2.16 bits per heavy atom. The van der Waals surface area contributed by atoms with Crippen molar-refractivity contribution in [2.24, 2.45) is 0 Å². The predicted octanol–water partition coefficient (Wildman–Crippen LogP) is 1.54. The summed E-state index contributed by atoms with van der Waals surface area (Å²) in [5, 5.41) is 11.8. The number of amides is 2. The lowest BCUT2D eigenvalue weighted by Crippen LogP contribution is -2.55. The number of hydrogen-bond acceptors (Lipinski definition) is 7. The van der Waals surface area contributed by atoms with E-state index >= 15 is 0 Å². The number of hydrogen-bond donors (Lipinski definition) is 3. The molecule has 0 aliphatic carbocycles. The summed E-state index contributed by atoms with van der Waals surface area (Å²) in [6, 6.07) is 7.41. The van der Waals surface area contributed by atoms with E-state index < -0.39 is 12.0 Å². The van der Waals surface area contributed by atoms with Gasteiger partial charge >= 0.3 is 6.09 Å². The summed E-state index contributed by atoms with van der Waals surface area (Å²) in [4.78, 5) is 35.4. The van der Waals surface area contributed by atoms with Crippen LogP contribution in [0.3, 0.4) is 0 Å². The second-order valence-electron chi connectivity index (χ2n) is 7.28. The minimum absolute atomic E-state index is 0.00758. The van der Waals surface area contributed by atoms with Crippen LogP contribution >= 0.6 is 0 Å². The van der Waals surface area contributed by atoms with Crippen LogP contribution in [-0.2, 0) is 0 Å². The number of aromatic nitrogens is 2. The van der Waals surface area contributed by atoms with Gasteiger partial charge in [0.25, 0.3) is 5.91 Å². The van der Waals surface area contributed by atoms with Gasteiger partial charge in [-0.05, 0) is 18.6 Å². The Labute approximate surface area is 181 Å². The van der Waals surface area contributed by atoms with Crippen LogP contribution in [0.1, 0.15) is 23.8 Å². The molecule has 31 heavy (non-hydrogen) atoms. The van der Waals surface area contributed by atoms with Crippen molar-refractivity contribution >= 4 is 17.8 Å². The van der Waals surface area contributed by atoms with E-state index in [2.05, 4.69) is 20.2 Å². The van der Waals surface area contributed by atoms with E-state index in [9.17, 15) is 14.7 Å². The summed E-state index contributed by atoms with van der Waals surface area (Å²) in [6.45, 7) is 5.08. The number of rotatable bonds is 7. The third kappa shape index (κ3) is 5.40. The summed E-state index contributed by atoms with van der Waals surface area (Å²) in [5.41, 5.74) is 7.12. The van der Waals surface area contributed by atoms with Crippen molar-refractivity contribution in [2.75, 3.05) is 45.6 Å². The fraction of sp³-hybridized carbons (Fsp3) is 0.429. The monoisotopic (exact) mass is 428 g/mol. The highest BCUT2D eigenvalue weighted by atomic mass is 16.5. The molecule has 1 fully saturated rings. The fourth-order valence-electron chi connectivity index (χ4n) is 3.58. The Hall–Kier alpha value is -3.40. The van der Waals surface area contributed by atoms with Gasteiger partial charge in [-0.15, -0.1) is 0 Å². The molecule has 1 saturated heterocycles. The van der Waals surface area contributed by atoms with Gasteiger partial charge in [-0.3, -0.25) is 9.69 Å². The Kier molecular flexibility index (Phi) is 7.24. The molecule has 166 valence electrons. The molecule has 0 spiro atoms. The first kappa shape index (κ1) is 22.3. The van der Waals surface area contributed by atoms with Gasteiger partial charge in [-0.25, -0.2) is 14.8 Å². The number of piperazine rings is 1. The zero-order valence-electron chi connectivity index (χ0n) is 17.7. The minimum Gasteiger partial charge on any atom is -0.492 e. The van der Waals surface area contributed by atoms with Crippen molar-refractivity contribution in [1.82, 2.24) is 25.1 Å². The van der Waals surface area contributed by atoms with Crippen molar-refractivity contribution < 1.29 is 19.4 Å². The molecule has 2 amide bonds. The van der Waals surface area contributed by atoms with Gasteiger partial charge in [0.1, 0.15) is 12.4 Å². The molecular formula is C21H28N6O4. The van der Waals surface area contributed by atoms with Gasteiger partial charge in [-0.2, -0.15) is 0 Å². The second kappa shape index (κ2) is 10.1. The zero-order valence-corrected chi connectivity index (χ0v) is 17.7. The van der Waals surface area contributed by atoms with Crippen molar-refractivity contribution in [3.8, 4) is 17.0 Å². The molecule has 4 N–H and O–H groups in total. The van der Waals surface area contributed by atoms with Crippen LogP contribution in [0.15, 0.2) is 30.5 Å². The first-order chi connectivity index (χ1) is 14.9. The maximum Gasteiger partial charge on any atom is 0.407 e. The molecule has 1 unspecified atom stereocenters. The highest BCUT2D eigenvalue weighted by molar-refractivity contribution is 5.96. The molecule has 10 nitrogen and oxygen atoms in total. The maximum absolute atomic E-state index is 11.9. The topological polar surface area (TPSA) is 134 Å². The lowest BCUT2D eigenvalue weighted by molar-refractivity contribution is 0.0603. The number of carboxylic acid groups (broad SMARTS) is 1. The lowest BCUT2D eigenvalue weighted by atomic mass is 10.1. The number of nitrogen functional groups attached to an aromatic ring is 1. The standard InChI is InChI=1S/C21H28N6O4/c1-3-15-13-26(7-8-27(15)21(29)30)9-10-31-16-6-4-5-14(11-16)17-12-24-19(22)18(25-17)20(28)23-2/h4-6,11-12,15H,3,7-10,13H2,1-2H3,(H2,22,24)(H,23,28)(H,29,30). The largest absolute Gasteiger partial charge is 0.492 e. The normalized spacial score (nSPS) is 16.7. The minimum atomic E-state index is -0.857. The summed E-state index contributed by atoms with van der Waals surface area (Å²) in [5.74, 6) is 0.352. The molecule has 1 aromatic heterocycles. The molecule has 0 bridgehead atoms. The third-order valence-corrected chi connectivity index (χ3v) is 5.33. The van der Waals surface area contributed by atoms with Gasteiger partial charge in [0.15, 0.2) is 11.5 Å². The molecule has 2 aromatic rings. The summed E-state index contributed by atoms with van der Waals surface area (Å²) >= 11 is 0. The summed E-state index contributed by atoms with van der Waals surface area (Å²) in [7, 11) is 1.51. The van der Waals surface area contributed by atoms with Crippen LogP contribution in [-0.4, -0.2) is 82.8 Å². The highest BCUT2D eigenvalue weighted by Gasteiger charge is 2.28. The maximum atomic E-state index is 11.9. The van der Waals surface area contributed by atoms with E-state index in [-0.39, 0.29) is 17.6 Å². The van der Waals surface area contributed by atoms with Crippen LogP contribution < -0.4 is 15.8 Å². The smallest absolute Gasteiger partial charge is 0.407 e. The second-order valence-corrected chi connectivity index (χ2v) is 7.28. The number of nitrogens with one attached hydrogen (secondary N) is 1. The fourth-order valence-corrected chi connectivity index (χ4v) is 3.58. The van der Waals surface area contributed by atoms with E-state index in [1.54, 1.807) is 0 Å². The quantitative estimate of drug-likeness (QED) is 0.605. The number of carbonyl (C=O) groups excluding carboxylic acids is 1. The summed E-state index contributed by atoms with van der Waals surface area (Å²) in [6.07, 6.45) is 1.45. The number of benzene rings is 1. The Bertz CT molecular complexity index is 938. The highest BCUT2D eigenvalue weighted by Crippen LogP contribution is 2.23. The SMILES string of the molecule is CCC1CN(CCOc2cccc(-c3cnc(N)c(C(=O)NC)n3)c2)CCN1C(=O)O. The van der Waals surface area contributed by atoms with E-state index in [1.165, 1.54) is 18.1 Å². The molecule has 1 atom stereocenters. The number of ether oxygens (including phenoxy) is 1. The van der Waals surface area contributed by atoms with Gasteiger partial charge in [-0.1, -0.05) is 19.1 Å². The Morgan fingerprint density at radius 3 is 2.87 bits per heavy atom. The molecule has 3 rings (SSSR count). The number of anilines is 1. The van der Waals surface area contributed by atoms with Crippen molar-refractivity contribution in [2.45, 2.75) is 19.4 Å². The van der Waals surface area contributed by atoms with E-state index in [0.29, 0.717) is 44.2 Å². The summed E-state index contributed by atoms with van der Waals surface area (Å²) < 4.78 is 5.91. The van der Waals surface area contributed by atoms with E-state index in [0.717, 1.165) is 12.0 Å². The average Bonchev–Trinajstić information content (AvgIpc) is 2.78. The molecule has 1 aliphatic rings. The Balaban J connectivity index is 1.61. The van der Waals surface area contributed by atoms with E-state index in [1.807, 2.05) is 31.2 Å². The van der Waals surface area contributed by atoms with Gasteiger partial charge < -0.3 is 25.8 Å². The van der Waals surface area contributed by atoms with Crippen LogP contribution in [0.5, 0.6) is 5.75 Å². The molecule has 1 aliphatic heterocycles. The van der Waals surface area contributed by atoms with Gasteiger partial charge in [0, 0.05) is 44.8 Å². The molecule has 0 saturated carbocycles. The molecule has 10 heteroatoms. The average molecular weight is 428 g/mol. The van der Waals surface area contributed by atoms with Gasteiger partial charge in [0.05, 0.1) is 11.9 Å². The number of carbonyl (C=O) groups is 2. The van der Waals surface area contributed by atoms with Crippen LogP contribution in [0, 0.1) is 0 Å². The van der Waals surface area contributed by atoms with Crippen molar-refractivity contribution in [3.05, 3.63) is 36.2 Å². The third-order valence-electron chi connectivity index (χ3n) is 5.33. The first-order valence-corrected chi connectivity index (χ1v) is 10.2. The number of nitrogens with two attached hydrogens (primary N) is 1.